The van der Waals surface area contributed by atoms with Crippen molar-refractivity contribution in [1.29, 1.82) is 0 Å². The fourth-order valence-corrected chi connectivity index (χ4v) is 4.15. The lowest BCUT2D eigenvalue weighted by Gasteiger charge is -2.18. The van der Waals surface area contributed by atoms with E-state index in [4.69, 9.17) is 16.3 Å². The Bertz CT molecular complexity index is 1040. The van der Waals surface area contributed by atoms with E-state index in [-0.39, 0.29) is 12.5 Å². The molecule has 0 spiro atoms. The number of anilines is 1. The van der Waals surface area contributed by atoms with Crippen molar-refractivity contribution in [3.63, 3.8) is 0 Å². The molecule has 162 valence electrons. The van der Waals surface area contributed by atoms with Crippen molar-refractivity contribution in [3.8, 4) is 5.75 Å². The van der Waals surface area contributed by atoms with Gasteiger partial charge in [0.15, 0.2) is 11.5 Å². The van der Waals surface area contributed by atoms with Crippen LogP contribution in [0.4, 0.5) is 5.69 Å². The number of benzene rings is 2. The van der Waals surface area contributed by atoms with Crippen LogP contribution in [0.5, 0.6) is 5.75 Å². The predicted molar refractivity (Wildman–Crippen MR) is 126 cm³/mol. The highest BCUT2D eigenvalue weighted by molar-refractivity contribution is 8.19. The standard InChI is InChI=1S/C23H23ClN2O4S/c1-3-10-25-23-26(19-7-5-4-6-15(19)2)22(29)21(31-23)12-16-8-9-20(18(24)11-16)30-14-17(28)13-27/h4-9,11-13,17,28H,3,10,14H2,1-2H3/b21-12+,25-23-/t17-/m1/s1. The fraction of sp³-hybridized carbons (Fsp3) is 0.261. The lowest BCUT2D eigenvalue weighted by atomic mass is 10.1. The molecular formula is C23H23ClN2O4S. The van der Waals surface area contributed by atoms with Crippen molar-refractivity contribution >= 4 is 52.5 Å². The van der Waals surface area contributed by atoms with Crippen molar-refractivity contribution in [2.75, 3.05) is 18.1 Å². The molecule has 1 aliphatic heterocycles. The number of ether oxygens (including phenoxy) is 1. The van der Waals surface area contributed by atoms with Gasteiger partial charge in [-0.15, -0.1) is 0 Å². The summed E-state index contributed by atoms with van der Waals surface area (Å²) in [5.74, 6) is 0.210. The molecule has 1 saturated heterocycles. The van der Waals surface area contributed by atoms with E-state index in [1.807, 2.05) is 38.1 Å². The number of aliphatic imine (C=N–C) groups is 1. The van der Waals surface area contributed by atoms with Crippen LogP contribution in [0.15, 0.2) is 52.4 Å². The number of nitrogens with zero attached hydrogens (tertiary/aromatic N) is 2. The topological polar surface area (TPSA) is 79.2 Å². The normalized spacial score (nSPS) is 17.4. The number of aliphatic hydroxyl groups is 1. The molecule has 0 radical (unpaired) electrons. The van der Waals surface area contributed by atoms with Crippen molar-refractivity contribution in [2.24, 2.45) is 4.99 Å². The van der Waals surface area contributed by atoms with Gasteiger partial charge in [-0.3, -0.25) is 14.7 Å². The summed E-state index contributed by atoms with van der Waals surface area (Å²) in [5, 5.41) is 10.3. The second kappa shape index (κ2) is 10.6. The molecule has 2 aromatic carbocycles. The molecule has 0 unspecified atom stereocenters. The molecule has 6 nitrogen and oxygen atoms in total. The van der Waals surface area contributed by atoms with Crippen LogP contribution < -0.4 is 9.64 Å². The third-order valence-corrected chi connectivity index (χ3v) is 5.76. The Morgan fingerprint density at radius 1 is 1.29 bits per heavy atom. The number of amidine groups is 1. The smallest absolute Gasteiger partial charge is 0.271 e. The third-order valence-electron chi connectivity index (χ3n) is 4.45. The monoisotopic (exact) mass is 458 g/mol. The third kappa shape index (κ3) is 5.55. The Kier molecular flexibility index (Phi) is 7.90. The number of thioether (sulfide) groups is 1. The van der Waals surface area contributed by atoms with Gasteiger partial charge in [0, 0.05) is 6.54 Å². The lowest BCUT2D eigenvalue weighted by Crippen LogP contribution is -2.29. The summed E-state index contributed by atoms with van der Waals surface area (Å²) in [4.78, 5) is 30.6. The number of hydrogen-bond donors (Lipinski definition) is 1. The zero-order valence-corrected chi connectivity index (χ0v) is 18.8. The van der Waals surface area contributed by atoms with E-state index in [9.17, 15) is 14.7 Å². The molecule has 3 rings (SSSR count). The molecule has 1 fully saturated rings. The number of aldehydes is 1. The van der Waals surface area contributed by atoms with Gasteiger partial charge in [0.2, 0.25) is 0 Å². The first-order valence-electron chi connectivity index (χ1n) is 9.84. The molecule has 0 aliphatic carbocycles. The Morgan fingerprint density at radius 2 is 2.06 bits per heavy atom. The van der Waals surface area contributed by atoms with Crippen molar-refractivity contribution in [3.05, 3.63) is 63.5 Å². The Balaban J connectivity index is 1.88. The summed E-state index contributed by atoms with van der Waals surface area (Å²) >= 11 is 7.60. The van der Waals surface area contributed by atoms with Crippen LogP contribution in [0.3, 0.4) is 0 Å². The molecular weight excluding hydrogens is 436 g/mol. The Labute approximate surface area is 190 Å². The van der Waals surface area contributed by atoms with Crippen LogP contribution >= 0.6 is 23.4 Å². The highest BCUT2D eigenvalue weighted by atomic mass is 35.5. The van der Waals surface area contributed by atoms with Crippen LogP contribution in [-0.2, 0) is 9.59 Å². The fourth-order valence-electron chi connectivity index (χ4n) is 2.90. The summed E-state index contributed by atoms with van der Waals surface area (Å²) in [6.07, 6.45) is 1.84. The Hall–Kier alpha value is -2.61. The molecule has 0 bridgehead atoms. The van der Waals surface area contributed by atoms with E-state index in [0.717, 1.165) is 23.2 Å². The number of amides is 1. The molecule has 1 N–H and O–H groups in total. The molecule has 31 heavy (non-hydrogen) atoms. The minimum Gasteiger partial charge on any atom is -0.489 e. The zero-order valence-electron chi connectivity index (χ0n) is 17.2. The zero-order chi connectivity index (χ0) is 22.4. The van der Waals surface area contributed by atoms with Crippen LogP contribution in [0.2, 0.25) is 5.02 Å². The van der Waals surface area contributed by atoms with Crippen molar-refractivity contribution < 1.29 is 19.4 Å². The molecule has 8 heteroatoms. The first-order chi connectivity index (χ1) is 14.9. The van der Waals surface area contributed by atoms with Gasteiger partial charge >= 0.3 is 0 Å². The minimum absolute atomic E-state index is 0.139. The van der Waals surface area contributed by atoms with E-state index in [2.05, 4.69) is 4.99 Å². The second-order valence-electron chi connectivity index (χ2n) is 6.91. The van der Waals surface area contributed by atoms with E-state index >= 15 is 0 Å². The van der Waals surface area contributed by atoms with Gasteiger partial charge in [0.1, 0.15) is 18.5 Å². The van der Waals surface area contributed by atoms with Gasteiger partial charge < -0.3 is 14.6 Å². The molecule has 1 aliphatic rings. The molecule has 1 amide bonds. The number of carbonyl (C=O) groups excluding carboxylic acids is 2. The highest BCUT2D eigenvalue weighted by Gasteiger charge is 2.35. The summed E-state index contributed by atoms with van der Waals surface area (Å²) in [5.41, 5.74) is 2.53. The maximum Gasteiger partial charge on any atom is 0.271 e. The summed E-state index contributed by atoms with van der Waals surface area (Å²) < 4.78 is 5.35. The van der Waals surface area contributed by atoms with E-state index < -0.39 is 6.10 Å². The predicted octanol–water partition coefficient (Wildman–Crippen LogP) is 4.47. The molecule has 1 atom stereocenters. The summed E-state index contributed by atoms with van der Waals surface area (Å²) in [6.45, 7) is 4.46. The number of aryl methyl sites for hydroxylation is 1. The van der Waals surface area contributed by atoms with Gasteiger partial charge in [-0.2, -0.15) is 0 Å². The van der Waals surface area contributed by atoms with Gasteiger partial charge in [-0.25, -0.2) is 0 Å². The number of hydrogen-bond acceptors (Lipinski definition) is 6. The van der Waals surface area contributed by atoms with Crippen molar-refractivity contribution in [2.45, 2.75) is 26.4 Å². The van der Waals surface area contributed by atoms with E-state index in [1.165, 1.54) is 11.8 Å². The maximum atomic E-state index is 13.2. The number of aliphatic hydroxyl groups excluding tert-OH is 1. The maximum absolute atomic E-state index is 13.2. The minimum atomic E-state index is -1.21. The quantitative estimate of drug-likeness (QED) is 0.466. The number of carbonyl (C=O) groups is 2. The first kappa shape index (κ1) is 23.1. The first-order valence-corrected chi connectivity index (χ1v) is 11.0. The van der Waals surface area contributed by atoms with Gasteiger partial charge in [-0.05, 0) is 60.5 Å². The van der Waals surface area contributed by atoms with E-state index in [0.29, 0.717) is 33.7 Å². The second-order valence-corrected chi connectivity index (χ2v) is 8.32. The largest absolute Gasteiger partial charge is 0.489 e. The lowest BCUT2D eigenvalue weighted by molar-refractivity contribution is -0.116. The summed E-state index contributed by atoms with van der Waals surface area (Å²) in [6, 6.07) is 12.8. The molecule has 0 aromatic heterocycles. The highest BCUT2D eigenvalue weighted by Crippen LogP contribution is 2.38. The summed E-state index contributed by atoms with van der Waals surface area (Å²) in [7, 11) is 0. The van der Waals surface area contributed by atoms with Crippen LogP contribution in [0.25, 0.3) is 6.08 Å². The van der Waals surface area contributed by atoms with Crippen LogP contribution in [0, 0.1) is 6.92 Å². The van der Waals surface area contributed by atoms with Crippen LogP contribution in [-0.4, -0.2) is 41.7 Å². The SMILES string of the molecule is CCC/N=C1\S/C(=C/c2ccc(OC[C@H](O)C=O)c(Cl)c2)C(=O)N1c1ccccc1C. The number of para-hydroxylation sites is 1. The van der Waals surface area contributed by atoms with Gasteiger partial charge in [-0.1, -0.05) is 42.8 Å². The van der Waals surface area contributed by atoms with Crippen LogP contribution in [0.1, 0.15) is 24.5 Å². The average Bonchev–Trinajstić information content (AvgIpc) is 3.06. The number of halogens is 1. The van der Waals surface area contributed by atoms with Gasteiger partial charge in [0.05, 0.1) is 15.6 Å². The Morgan fingerprint density at radius 3 is 2.74 bits per heavy atom. The van der Waals surface area contributed by atoms with Crippen molar-refractivity contribution in [1.82, 2.24) is 0 Å². The average molecular weight is 459 g/mol. The molecule has 2 aromatic rings. The number of rotatable bonds is 8. The van der Waals surface area contributed by atoms with Gasteiger partial charge in [0.25, 0.3) is 5.91 Å². The van der Waals surface area contributed by atoms with E-state index in [1.54, 1.807) is 29.2 Å². The molecule has 0 saturated carbocycles. The molecule has 1 heterocycles.